The number of furan rings is 1. The molecule has 1 aromatic carbocycles. The van der Waals surface area contributed by atoms with Gasteiger partial charge in [-0.05, 0) is 25.8 Å². The smallest absolute Gasteiger partial charge is 0.290 e. The molecular weight excluding hydrogens is 460 g/mol. The van der Waals surface area contributed by atoms with Gasteiger partial charge in [-0.15, -0.1) is 0 Å². The number of benzene rings is 1. The van der Waals surface area contributed by atoms with E-state index in [4.69, 9.17) is 4.42 Å². The number of piperazine rings is 1. The number of aryl methyl sites for hydroxylation is 1. The molecule has 0 radical (unpaired) electrons. The molecule has 2 aliphatic rings. The number of nitrogens with zero attached hydrogens (tertiary/aromatic N) is 6. The van der Waals surface area contributed by atoms with Crippen molar-refractivity contribution in [2.24, 2.45) is 0 Å². The number of amides is 1. The molecule has 4 aromatic rings. The van der Waals surface area contributed by atoms with E-state index in [2.05, 4.69) is 26.0 Å². The second-order valence-electron chi connectivity index (χ2n) is 9.48. The Kier molecular flexibility index (Phi) is 6.10. The molecule has 0 atom stereocenters. The quantitative estimate of drug-likeness (QED) is 0.401. The molecule has 3 aromatic heterocycles. The van der Waals surface area contributed by atoms with Gasteiger partial charge in [0.25, 0.3) is 11.7 Å². The summed E-state index contributed by atoms with van der Waals surface area (Å²) >= 11 is 1.99. The molecule has 182 valence electrons. The summed E-state index contributed by atoms with van der Waals surface area (Å²) in [6.07, 6.45) is 8.07. The van der Waals surface area contributed by atoms with Crippen molar-refractivity contribution in [2.45, 2.75) is 50.0 Å². The summed E-state index contributed by atoms with van der Waals surface area (Å²) in [7, 11) is 0. The number of carbonyl (C=O) groups excluding carboxylic acids is 1. The van der Waals surface area contributed by atoms with E-state index in [0.717, 1.165) is 46.9 Å². The first kappa shape index (κ1) is 22.4. The molecular formula is C26H30N6O2S. The van der Waals surface area contributed by atoms with Gasteiger partial charge in [0, 0.05) is 59.9 Å². The average Bonchev–Trinajstić information content (AvgIpc) is 3.52. The number of carbonyl (C=O) groups is 1. The highest BCUT2D eigenvalue weighted by Crippen LogP contribution is 2.35. The highest BCUT2D eigenvalue weighted by Gasteiger charge is 2.29. The molecule has 6 rings (SSSR count). The van der Waals surface area contributed by atoms with E-state index in [-0.39, 0.29) is 5.91 Å². The summed E-state index contributed by atoms with van der Waals surface area (Å²) in [4.78, 5) is 26.5. The lowest BCUT2D eigenvalue weighted by Crippen LogP contribution is -2.49. The van der Waals surface area contributed by atoms with E-state index in [9.17, 15) is 4.79 Å². The lowest BCUT2D eigenvalue weighted by Gasteiger charge is -2.35. The van der Waals surface area contributed by atoms with Crippen LogP contribution in [0.4, 0.5) is 5.82 Å². The Morgan fingerprint density at radius 1 is 1.11 bits per heavy atom. The molecule has 9 heteroatoms. The maximum absolute atomic E-state index is 13.7. The van der Waals surface area contributed by atoms with Crippen LogP contribution in [-0.2, 0) is 5.75 Å². The largest absolute Gasteiger partial charge is 0.451 e. The fraction of sp³-hybridized carbons (Fsp3) is 0.462. The second kappa shape index (κ2) is 9.53. The molecule has 1 aliphatic heterocycles. The molecule has 1 amide bonds. The van der Waals surface area contributed by atoms with Crippen molar-refractivity contribution in [1.82, 2.24) is 24.5 Å². The van der Waals surface area contributed by atoms with Gasteiger partial charge >= 0.3 is 0 Å². The summed E-state index contributed by atoms with van der Waals surface area (Å²) in [5, 5.41) is 6.08. The lowest BCUT2D eigenvalue weighted by atomic mass is 10.0. The van der Waals surface area contributed by atoms with Gasteiger partial charge in [0.1, 0.15) is 17.7 Å². The number of rotatable bonds is 5. The first-order valence-electron chi connectivity index (χ1n) is 12.5. The van der Waals surface area contributed by atoms with Gasteiger partial charge in [-0.3, -0.25) is 4.79 Å². The molecule has 1 saturated heterocycles. The average molecular weight is 491 g/mol. The van der Waals surface area contributed by atoms with Gasteiger partial charge in [0.2, 0.25) is 0 Å². The normalized spacial score (nSPS) is 17.5. The summed E-state index contributed by atoms with van der Waals surface area (Å²) < 4.78 is 7.95. The SMILES string of the molecule is Cc1cc(N2CCN(C(=O)c3oc4ccccc4c3CSC3CCCCC3)CC2)n2ncnc2n1. The third-order valence-electron chi connectivity index (χ3n) is 7.16. The summed E-state index contributed by atoms with van der Waals surface area (Å²) in [6.45, 7) is 4.66. The summed E-state index contributed by atoms with van der Waals surface area (Å²) in [6, 6.07) is 10.1. The van der Waals surface area contributed by atoms with Crippen LogP contribution in [-0.4, -0.2) is 61.8 Å². The van der Waals surface area contributed by atoms with Crippen molar-refractivity contribution in [3.63, 3.8) is 0 Å². The van der Waals surface area contributed by atoms with E-state index in [0.29, 0.717) is 29.9 Å². The van der Waals surface area contributed by atoms with Crippen molar-refractivity contribution < 1.29 is 9.21 Å². The highest BCUT2D eigenvalue weighted by molar-refractivity contribution is 7.99. The van der Waals surface area contributed by atoms with Crippen LogP contribution < -0.4 is 4.90 Å². The van der Waals surface area contributed by atoms with Crippen LogP contribution >= 0.6 is 11.8 Å². The van der Waals surface area contributed by atoms with E-state index in [1.54, 1.807) is 4.52 Å². The van der Waals surface area contributed by atoms with Crippen molar-refractivity contribution >= 4 is 40.2 Å². The fourth-order valence-corrected chi connectivity index (χ4v) is 6.62. The third-order valence-corrected chi connectivity index (χ3v) is 8.56. The van der Waals surface area contributed by atoms with Crippen LogP contribution in [0.1, 0.15) is 53.9 Å². The molecule has 1 saturated carbocycles. The summed E-state index contributed by atoms with van der Waals surface area (Å²) in [5.41, 5.74) is 2.76. The standard InChI is InChI=1S/C26H30N6O2S/c1-18-15-23(32-26(29-18)27-17-28-32)30-11-13-31(14-12-30)25(33)24-21(16-35-19-7-3-2-4-8-19)20-9-5-6-10-22(20)34-24/h5-6,9-10,15,17,19H,2-4,7-8,11-14,16H2,1H3. The molecule has 2 fully saturated rings. The van der Waals surface area contributed by atoms with Crippen LogP contribution in [0.3, 0.4) is 0 Å². The zero-order valence-corrected chi connectivity index (χ0v) is 20.8. The van der Waals surface area contributed by atoms with Crippen molar-refractivity contribution in [3.8, 4) is 0 Å². The minimum atomic E-state index is -0.00286. The minimum Gasteiger partial charge on any atom is -0.451 e. The molecule has 35 heavy (non-hydrogen) atoms. The van der Waals surface area contributed by atoms with Gasteiger partial charge < -0.3 is 14.2 Å². The van der Waals surface area contributed by atoms with E-state index >= 15 is 0 Å². The minimum absolute atomic E-state index is 0.00286. The first-order chi connectivity index (χ1) is 17.2. The molecule has 0 N–H and O–H groups in total. The van der Waals surface area contributed by atoms with Crippen molar-refractivity contribution in [2.75, 3.05) is 31.1 Å². The second-order valence-corrected chi connectivity index (χ2v) is 10.8. The molecule has 8 nitrogen and oxygen atoms in total. The predicted octanol–water partition coefficient (Wildman–Crippen LogP) is 4.71. The molecule has 0 unspecified atom stereocenters. The Labute approximate surface area is 208 Å². The molecule has 0 spiro atoms. The van der Waals surface area contributed by atoms with Gasteiger partial charge in [-0.1, -0.05) is 37.5 Å². The van der Waals surface area contributed by atoms with Crippen LogP contribution in [0, 0.1) is 6.92 Å². The lowest BCUT2D eigenvalue weighted by molar-refractivity contribution is 0.0715. The predicted molar refractivity (Wildman–Crippen MR) is 138 cm³/mol. The fourth-order valence-electron chi connectivity index (χ4n) is 5.27. The van der Waals surface area contributed by atoms with Crippen LogP contribution in [0.15, 0.2) is 41.1 Å². The third kappa shape index (κ3) is 4.37. The zero-order valence-electron chi connectivity index (χ0n) is 20.0. The number of hydrogen-bond donors (Lipinski definition) is 0. The van der Waals surface area contributed by atoms with Gasteiger partial charge in [-0.2, -0.15) is 26.4 Å². The van der Waals surface area contributed by atoms with Crippen LogP contribution in [0.2, 0.25) is 0 Å². The molecule has 0 bridgehead atoms. The van der Waals surface area contributed by atoms with E-state index in [1.807, 2.05) is 47.9 Å². The maximum atomic E-state index is 13.7. The Hall–Kier alpha value is -3.07. The van der Waals surface area contributed by atoms with Crippen LogP contribution in [0.5, 0.6) is 0 Å². The number of aromatic nitrogens is 4. The number of anilines is 1. The monoisotopic (exact) mass is 490 g/mol. The van der Waals surface area contributed by atoms with Crippen molar-refractivity contribution in [3.05, 3.63) is 53.7 Å². The maximum Gasteiger partial charge on any atom is 0.290 e. The Balaban J connectivity index is 1.20. The van der Waals surface area contributed by atoms with Crippen molar-refractivity contribution in [1.29, 1.82) is 0 Å². The van der Waals surface area contributed by atoms with E-state index < -0.39 is 0 Å². The number of thioether (sulfide) groups is 1. The number of para-hydroxylation sites is 1. The number of hydrogen-bond acceptors (Lipinski definition) is 7. The topological polar surface area (TPSA) is 79.8 Å². The molecule has 4 heterocycles. The summed E-state index contributed by atoms with van der Waals surface area (Å²) in [5.74, 6) is 2.90. The Morgan fingerprint density at radius 2 is 1.91 bits per heavy atom. The molecule has 1 aliphatic carbocycles. The van der Waals surface area contributed by atoms with Gasteiger partial charge in [0.15, 0.2) is 5.76 Å². The van der Waals surface area contributed by atoms with Gasteiger partial charge in [0.05, 0.1) is 0 Å². The van der Waals surface area contributed by atoms with E-state index in [1.165, 1.54) is 38.4 Å². The Bertz CT molecular complexity index is 1350. The first-order valence-corrected chi connectivity index (χ1v) is 13.6. The Morgan fingerprint density at radius 3 is 2.74 bits per heavy atom. The highest BCUT2D eigenvalue weighted by atomic mass is 32.2. The number of fused-ring (bicyclic) bond motifs is 2. The van der Waals surface area contributed by atoms with Crippen LogP contribution in [0.25, 0.3) is 16.7 Å². The zero-order chi connectivity index (χ0) is 23.8. The van der Waals surface area contributed by atoms with Gasteiger partial charge in [-0.25, -0.2) is 4.98 Å².